The van der Waals surface area contributed by atoms with Gasteiger partial charge in [0.1, 0.15) is 11.6 Å². The van der Waals surface area contributed by atoms with Gasteiger partial charge in [0.15, 0.2) is 0 Å². The number of likely N-dealkylation sites (N-methyl/N-ethyl adjacent to an activating group) is 1. The van der Waals surface area contributed by atoms with Crippen molar-refractivity contribution in [3.63, 3.8) is 0 Å². The average Bonchev–Trinajstić information content (AvgIpc) is 2.37. The zero-order valence-corrected chi connectivity index (χ0v) is 11.5. The van der Waals surface area contributed by atoms with Gasteiger partial charge in [0.05, 0.1) is 6.04 Å². The standard InChI is InChI=1S/C14H21F2N3/c1-18(2)10-14(19-7-5-17-6-8-19)12-4-3-11(15)9-13(12)16/h3-4,9,14,17H,5-8,10H2,1-2H3. The lowest BCUT2D eigenvalue weighted by Gasteiger charge is -2.36. The van der Waals surface area contributed by atoms with Crippen molar-refractivity contribution in [3.8, 4) is 0 Å². The molecule has 0 bridgehead atoms. The summed E-state index contributed by atoms with van der Waals surface area (Å²) in [4.78, 5) is 4.29. The Morgan fingerprint density at radius 3 is 2.53 bits per heavy atom. The van der Waals surface area contributed by atoms with Crippen LogP contribution in [0.25, 0.3) is 0 Å². The van der Waals surface area contributed by atoms with Crippen molar-refractivity contribution in [1.82, 2.24) is 15.1 Å². The fourth-order valence-electron chi connectivity index (χ4n) is 2.52. The third-order valence-electron chi connectivity index (χ3n) is 3.45. The van der Waals surface area contributed by atoms with Crippen molar-refractivity contribution >= 4 is 0 Å². The Kier molecular flexibility index (Phi) is 4.85. The highest BCUT2D eigenvalue weighted by atomic mass is 19.1. The topological polar surface area (TPSA) is 18.5 Å². The van der Waals surface area contributed by atoms with Gasteiger partial charge in [-0.25, -0.2) is 8.78 Å². The molecular formula is C14H21F2N3. The number of piperazine rings is 1. The molecule has 1 heterocycles. The van der Waals surface area contributed by atoms with Gasteiger partial charge in [0, 0.05) is 44.4 Å². The van der Waals surface area contributed by atoms with Gasteiger partial charge < -0.3 is 10.2 Å². The molecule has 0 radical (unpaired) electrons. The van der Waals surface area contributed by atoms with Crippen LogP contribution in [0.3, 0.4) is 0 Å². The molecular weight excluding hydrogens is 248 g/mol. The Balaban J connectivity index is 2.25. The first kappa shape index (κ1) is 14.4. The van der Waals surface area contributed by atoms with Crippen LogP contribution in [0, 0.1) is 11.6 Å². The highest BCUT2D eigenvalue weighted by Gasteiger charge is 2.25. The SMILES string of the molecule is CN(C)CC(c1ccc(F)cc1F)N1CCNCC1. The van der Waals surface area contributed by atoms with Crippen molar-refractivity contribution in [2.75, 3.05) is 46.8 Å². The summed E-state index contributed by atoms with van der Waals surface area (Å²) in [5, 5.41) is 3.29. The average molecular weight is 269 g/mol. The van der Waals surface area contributed by atoms with Crippen LogP contribution in [0.2, 0.25) is 0 Å². The van der Waals surface area contributed by atoms with Gasteiger partial charge in [0.2, 0.25) is 0 Å². The van der Waals surface area contributed by atoms with E-state index < -0.39 is 11.6 Å². The zero-order valence-electron chi connectivity index (χ0n) is 11.5. The summed E-state index contributed by atoms with van der Waals surface area (Å²) in [5.74, 6) is -0.976. The first-order chi connectivity index (χ1) is 9.08. The Bertz CT molecular complexity index is 417. The molecule has 1 aromatic carbocycles. The molecule has 1 saturated heterocycles. The van der Waals surface area contributed by atoms with Gasteiger partial charge in [-0.3, -0.25) is 4.90 Å². The van der Waals surface area contributed by atoms with Crippen molar-refractivity contribution in [2.45, 2.75) is 6.04 Å². The van der Waals surface area contributed by atoms with Gasteiger partial charge in [0.25, 0.3) is 0 Å². The Labute approximate surface area is 113 Å². The van der Waals surface area contributed by atoms with E-state index in [0.29, 0.717) is 5.56 Å². The minimum absolute atomic E-state index is 0.0299. The maximum Gasteiger partial charge on any atom is 0.130 e. The minimum atomic E-state index is -0.523. The van der Waals surface area contributed by atoms with Crippen LogP contribution in [-0.2, 0) is 0 Å². The number of benzene rings is 1. The predicted octanol–water partition coefficient (Wildman–Crippen LogP) is 1.47. The molecule has 1 N–H and O–H groups in total. The van der Waals surface area contributed by atoms with Gasteiger partial charge in [-0.15, -0.1) is 0 Å². The smallest absolute Gasteiger partial charge is 0.130 e. The maximum atomic E-state index is 14.0. The molecule has 1 atom stereocenters. The molecule has 0 saturated carbocycles. The lowest BCUT2D eigenvalue weighted by Crippen LogP contribution is -2.47. The van der Waals surface area contributed by atoms with E-state index in [9.17, 15) is 8.78 Å². The normalized spacial score (nSPS) is 18.8. The Morgan fingerprint density at radius 1 is 1.26 bits per heavy atom. The molecule has 0 spiro atoms. The number of nitrogens with zero attached hydrogens (tertiary/aromatic N) is 2. The molecule has 0 aromatic heterocycles. The van der Waals surface area contributed by atoms with Gasteiger partial charge >= 0.3 is 0 Å². The molecule has 3 nitrogen and oxygen atoms in total. The third-order valence-corrected chi connectivity index (χ3v) is 3.45. The van der Waals surface area contributed by atoms with Crippen LogP contribution in [0.15, 0.2) is 18.2 Å². The van der Waals surface area contributed by atoms with E-state index in [4.69, 9.17) is 0 Å². The highest BCUT2D eigenvalue weighted by Crippen LogP contribution is 2.25. The predicted molar refractivity (Wildman–Crippen MR) is 72.1 cm³/mol. The van der Waals surface area contributed by atoms with Crippen molar-refractivity contribution in [2.24, 2.45) is 0 Å². The quantitative estimate of drug-likeness (QED) is 0.893. The van der Waals surface area contributed by atoms with Crippen LogP contribution in [-0.4, -0.2) is 56.6 Å². The fraction of sp³-hybridized carbons (Fsp3) is 0.571. The summed E-state index contributed by atoms with van der Waals surface area (Å²) in [7, 11) is 3.94. The summed E-state index contributed by atoms with van der Waals surface area (Å²) < 4.78 is 27.0. The molecule has 1 aromatic rings. The number of halogens is 2. The zero-order chi connectivity index (χ0) is 13.8. The summed E-state index contributed by atoms with van der Waals surface area (Å²) in [6.07, 6.45) is 0. The fourth-order valence-corrected chi connectivity index (χ4v) is 2.52. The van der Waals surface area contributed by atoms with E-state index in [1.165, 1.54) is 6.07 Å². The lowest BCUT2D eigenvalue weighted by atomic mass is 10.0. The summed E-state index contributed by atoms with van der Waals surface area (Å²) in [5.41, 5.74) is 0.581. The molecule has 1 fully saturated rings. The van der Waals surface area contributed by atoms with E-state index in [1.807, 2.05) is 19.0 Å². The molecule has 106 valence electrons. The molecule has 0 amide bonds. The van der Waals surface area contributed by atoms with Gasteiger partial charge in [-0.05, 0) is 20.2 Å². The van der Waals surface area contributed by atoms with Crippen LogP contribution in [0.5, 0.6) is 0 Å². The minimum Gasteiger partial charge on any atom is -0.314 e. The van der Waals surface area contributed by atoms with Crippen molar-refractivity contribution in [1.29, 1.82) is 0 Å². The molecule has 1 unspecified atom stereocenters. The van der Waals surface area contributed by atoms with Crippen LogP contribution in [0.1, 0.15) is 11.6 Å². The Hall–Kier alpha value is -1.04. The largest absolute Gasteiger partial charge is 0.314 e. The second-order valence-electron chi connectivity index (χ2n) is 5.23. The molecule has 19 heavy (non-hydrogen) atoms. The lowest BCUT2D eigenvalue weighted by molar-refractivity contribution is 0.142. The number of nitrogens with one attached hydrogen (secondary N) is 1. The maximum absolute atomic E-state index is 14.0. The first-order valence-electron chi connectivity index (χ1n) is 6.62. The molecule has 1 aliphatic heterocycles. The monoisotopic (exact) mass is 269 g/mol. The van der Waals surface area contributed by atoms with Crippen LogP contribution < -0.4 is 5.32 Å². The summed E-state index contributed by atoms with van der Waals surface area (Å²) in [6, 6.07) is 3.85. The second kappa shape index (κ2) is 6.41. The van der Waals surface area contributed by atoms with Crippen LogP contribution >= 0.6 is 0 Å². The second-order valence-corrected chi connectivity index (χ2v) is 5.23. The molecule has 1 aliphatic rings. The van der Waals surface area contributed by atoms with Gasteiger partial charge in [-0.2, -0.15) is 0 Å². The van der Waals surface area contributed by atoms with Gasteiger partial charge in [-0.1, -0.05) is 6.07 Å². The van der Waals surface area contributed by atoms with E-state index in [-0.39, 0.29) is 6.04 Å². The first-order valence-corrected chi connectivity index (χ1v) is 6.62. The molecule has 0 aliphatic carbocycles. The summed E-state index contributed by atoms with van der Waals surface area (Å²) in [6.45, 7) is 4.31. The molecule has 5 heteroatoms. The van der Waals surface area contributed by atoms with E-state index in [1.54, 1.807) is 6.07 Å². The van der Waals surface area contributed by atoms with E-state index in [2.05, 4.69) is 10.2 Å². The van der Waals surface area contributed by atoms with E-state index >= 15 is 0 Å². The number of hydrogen-bond acceptors (Lipinski definition) is 3. The van der Waals surface area contributed by atoms with Crippen molar-refractivity contribution in [3.05, 3.63) is 35.4 Å². The third kappa shape index (κ3) is 3.72. The number of hydrogen-bond donors (Lipinski definition) is 1. The van der Waals surface area contributed by atoms with Crippen molar-refractivity contribution < 1.29 is 8.78 Å². The van der Waals surface area contributed by atoms with Crippen LogP contribution in [0.4, 0.5) is 8.78 Å². The van der Waals surface area contributed by atoms with E-state index in [0.717, 1.165) is 38.8 Å². The molecule has 2 rings (SSSR count). The Morgan fingerprint density at radius 2 is 1.95 bits per heavy atom. The summed E-state index contributed by atoms with van der Waals surface area (Å²) >= 11 is 0. The number of rotatable bonds is 4. The highest BCUT2D eigenvalue weighted by molar-refractivity contribution is 5.23.